The molecule has 0 amide bonds. The lowest BCUT2D eigenvalue weighted by molar-refractivity contribution is 0.140. The van der Waals surface area contributed by atoms with E-state index in [4.69, 9.17) is 0 Å². The highest BCUT2D eigenvalue weighted by Crippen LogP contribution is 2.47. The van der Waals surface area contributed by atoms with Crippen molar-refractivity contribution >= 4 is 11.8 Å². The predicted molar refractivity (Wildman–Crippen MR) is 124 cm³/mol. The third kappa shape index (κ3) is 6.71. The highest BCUT2D eigenvalue weighted by molar-refractivity contribution is 7.99. The minimum Gasteiger partial charge on any atom is -0.392 e. The molecule has 0 aliphatic heterocycles. The lowest BCUT2D eigenvalue weighted by Crippen LogP contribution is -2.18. The Morgan fingerprint density at radius 1 is 1.31 bits per heavy atom. The Kier molecular flexibility index (Phi) is 8.43. The number of nitrogens with zero attached hydrogens (tertiary/aromatic N) is 1. The van der Waals surface area contributed by atoms with E-state index in [1.54, 1.807) is 5.57 Å². The first kappa shape index (κ1) is 22.6. The Morgan fingerprint density at radius 3 is 2.90 bits per heavy atom. The van der Waals surface area contributed by atoms with E-state index in [0.717, 1.165) is 30.7 Å². The third-order valence-corrected chi connectivity index (χ3v) is 7.37. The van der Waals surface area contributed by atoms with Crippen molar-refractivity contribution in [2.75, 3.05) is 32.1 Å². The number of benzene rings is 1. The van der Waals surface area contributed by atoms with Crippen molar-refractivity contribution in [3.63, 3.8) is 0 Å². The number of hydrogen-bond donors (Lipinski definition) is 2. The highest BCUT2D eigenvalue weighted by atomic mass is 32.2. The minimum atomic E-state index is -0.496. The summed E-state index contributed by atoms with van der Waals surface area (Å²) in [6.45, 7) is 3.23. The molecule has 3 rings (SSSR count). The van der Waals surface area contributed by atoms with Crippen LogP contribution in [0.5, 0.6) is 0 Å². The zero-order valence-electron chi connectivity index (χ0n) is 18.1. The van der Waals surface area contributed by atoms with Gasteiger partial charge in [-0.1, -0.05) is 53.6 Å². The molecule has 2 N–H and O–H groups in total. The molecule has 5 atom stereocenters. The molecule has 1 fully saturated rings. The molecule has 0 aromatic heterocycles. The van der Waals surface area contributed by atoms with Gasteiger partial charge < -0.3 is 15.1 Å². The van der Waals surface area contributed by atoms with Gasteiger partial charge in [0.05, 0.1) is 12.2 Å². The topological polar surface area (TPSA) is 43.7 Å². The van der Waals surface area contributed by atoms with Crippen molar-refractivity contribution in [2.45, 2.75) is 44.8 Å². The van der Waals surface area contributed by atoms with Crippen LogP contribution >= 0.6 is 11.8 Å². The van der Waals surface area contributed by atoms with Gasteiger partial charge in [-0.2, -0.15) is 11.8 Å². The molecular formula is C25H37NO2S. The molecule has 4 heteroatoms. The van der Waals surface area contributed by atoms with E-state index in [2.05, 4.69) is 56.3 Å². The second kappa shape index (κ2) is 10.8. The van der Waals surface area contributed by atoms with Gasteiger partial charge in [0.15, 0.2) is 0 Å². The zero-order chi connectivity index (χ0) is 20.8. The monoisotopic (exact) mass is 415 g/mol. The Labute approximate surface area is 180 Å². The minimum absolute atomic E-state index is 0.166. The number of thioether (sulfide) groups is 1. The first-order chi connectivity index (χ1) is 13.9. The number of fused-ring (bicyclic) bond motifs is 1. The second-order valence-corrected chi connectivity index (χ2v) is 10.2. The molecule has 0 unspecified atom stereocenters. The standard InChI is InChI=1S/C25H37NO2S/c1-18-6-4-7-19(12-18)14-22(27)8-9-23-24-15-20(13-21(24)16-25(23)28)17-29-11-5-10-26(2)3/h4,6-9,12-13,21-25,27-28H,5,10-11,14-17H2,1-3H3/b9-8+/t21-,22-,23+,24-,25+/m0/s1. The lowest BCUT2D eigenvalue weighted by atomic mass is 9.89. The number of aliphatic hydroxyl groups excluding tert-OH is 2. The molecule has 0 spiro atoms. The van der Waals surface area contributed by atoms with Crippen LogP contribution in [-0.4, -0.2) is 59.5 Å². The van der Waals surface area contributed by atoms with E-state index in [9.17, 15) is 10.2 Å². The van der Waals surface area contributed by atoms with Crippen LogP contribution in [-0.2, 0) is 6.42 Å². The Morgan fingerprint density at radius 2 is 2.14 bits per heavy atom. The van der Waals surface area contributed by atoms with E-state index in [-0.39, 0.29) is 12.0 Å². The van der Waals surface area contributed by atoms with Gasteiger partial charge in [-0.25, -0.2) is 0 Å². The van der Waals surface area contributed by atoms with Crippen molar-refractivity contribution in [2.24, 2.45) is 17.8 Å². The van der Waals surface area contributed by atoms with Gasteiger partial charge in [-0.05, 0) is 70.0 Å². The number of rotatable bonds is 10. The fourth-order valence-corrected chi connectivity index (χ4v) is 5.76. The fraction of sp³-hybridized carbons (Fsp3) is 0.600. The molecule has 29 heavy (non-hydrogen) atoms. The van der Waals surface area contributed by atoms with Gasteiger partial charge in [0.1, 0.15) is 0 Å². The third-order valence-electron chi connectivity index (χ3n) is 6.21. The maximum Gasteiger partial charge on any atom is 0.0761 e. The maximum atomic E-state index is 10.5. The second-order valence-electron chi connectivity index (χ2n) is 9.09. The molecule has 2 aliphatic carbocycles. The molecule has 160 valence electrons. The van der Waals surface area contributed by atoms with Crippen LogP contribution in [0.4, 0.5) is 0 Å². The Bertz CT molecular complexity index is 715. The van der Waals surface area contributed by atoms with Crippen LogP contribution in [0, 0.1) is 24.7 Å². The molecule has 2 aliphatic rings. The molecule has 0 bridgehead atoms. The van der Waals surface area contributed by atoms with Gasteiger partial charge in [0.2, 0.25) is 0 Å². The largest absolute Gasteiger partial charge is 0.392 e. The highest BCUT2D eigenvalue weighted by Gasteiger charge is 2.43. The van der Waals surface area contributed by atoms with E-state index < -0.39 is 6.10 Å². The quantitative estimate of drug-likeness (QED) is 0.446. The summed E-state index contributed by atoms with van der Waals surface area (Å²) in [5.41, 5.74) is 3.93. The molecule has 0 heterocycles. The average molecular weight is 416 g/mol. The summed E-state index contributed by atoms with van der Waals surface area (Å²) in [5, 5.41) is 21.0. The molecule has 3 nitrogen and oxygen atoms in total. The van der Waals surface area contributed by atoms with Gasteiger partial charge >= 0.3 is 0 Å². The number of allylic oxidation sites excluding steroid dienone is 1. The van der Waals surface area contributed by atoms with Crippen molar-refractivity contribution in [1.29, 1.82) is 0 Å². The predicted octanol–water partition coefficient (Wildman–Crippen LogP) is 4.08. The maximum absolute atomic E-state index is 10.5. The summed E-state index contributed by atoms with van der Waals surface area (Å²) < 4.78 is 0. The first-order valence-electron chi connectivity index (χ1n) is 10.9. The normalized spacial score (nSPS) is 27.6. The first-order valence-corrected chi connectivity index (χ1v) is 12.1. The van der Waals surface area contributed by atoms with Gasteiger partial charge in [0, 0.05) is 18.1 Å². The summed E-state index contributed by atoms with van der Waals surface area (Å²) in [7, 11) is 4.25. The van der Waals surface area contributed by atoms with Crippen molar-refractivity contribution in [3.05, 3.63) is 59.2 Å². The molecule has 1 aromatic rings. The SMILES string of the molecule is Cc1cccc(C[C@@H](O)/C=C/[C@@H]2[C@H]3CC(CSCCCN(C)C)=C[C@H]3C[C@H]2O)c1. The van der Waals surface area contributed by atoms with Gasteiger partial charge in [-0.3, -0.25) is 0 Å². The van der Waals surface area contributed by atoms with E-state index in [1.165, 1.54) is 17.7 Å². The van der Waals surface area contributed by atoms with Crippen molar-refractivity contribution in [1.82, 2.24) is 4.90 Å². The van der Waals surface area contributed by atoms with Crippen molar-refractivity contribution in [3.8, 4) is 0 Å². The number of hydrogen-bond acceptors (Lipinski definition) is 4. The number of aliphatic hydroxyl groups is 2. The van der Waals surface area contributed by atoms with Crippen LogP contribution in [0.25, 0.3) is 0 Å². The summed E-state index contributed by atoms with van der Waals surface area (Å²) in [5.74, 6) is 3.51. The van der Waals surface area contributed by atoms with Crippen LogP contribution in [0.15, 0.2) is 48.1 Å². The van der Waals surface area contributed by atoms with Crippen molar-refractivity contribution < 1.29 is 10.2 Å². The van der Waals surface area contributed by atoms with Gasteiger partial charge in [0.25, 0.3) is 0 Å². The number of aryl methyl sites for hydroxylation is 1. The molecular weight excluding hydrogens is 378 g/mol. The Hall–Kier alpha value is -1.07. The summed E-state index contributed by atoms with van der Waals surface area (Å²) in [4.78, 5) is 2.24. The Balaban J connectivity index is 1.47. The van der Waals surface area contributed by atoms with E-state index in [1.807, 2.05) is 23.9 Å². The summed E-state index contributed by atoms with van der Waals surface area (Å²) in [6.07, 6.45) is 9.49. The zero-order valence-corrected chi connectivity index (χ0v) is 18.9. The van der Waals surface area contributed by atoms with E-state index in [0.29, 0.717) is 18.3 Å². The smallest absolute Gasteiger partial charge is 0.0761 e. The summed E-state index contributed by atoms with van der Waals surface area (Å²) in [6, 6.07) is 8.30. The van der Waals surface area contributed by atoms with Crippen LogP contribution in [0.1, 0.15) is 30.4 Å². The fourth-order valence-electron chi connectivity index (χ4n) is 4.80. The van der Waals surface area contributed by atoms with Gasteiger partial charge in [-0.15, -0.1) is 0 Å². The van der Waals surface area contributed by atoms with Crippen LogP contribution in [0.3, 0.4) is 0 Å². The lowest BCUT2D eigenvalue weighted by Gasteiger charge is -2.19. The molecule has 0 radical (unpaired) electrons. The average Bonchev–Trinajstić information content (AvgIpc) is 3.16. The van der Waals surface area contributed by atoms with Crippen LogP contribution < -0.4 is 0 Å². The summed E-state index contributed by atoms with van der Waals surface area (Å²) >= 11 is 2.04. The van der Waals surface area contributed by atoms with Crippen LogP contribution in [0.2, 0.25) is 0 Å². The molecule has 1 saturated carbocycles. The molecule has 1 aromatic carbocycles. The molecule has 0 saturated heterocycles. The van der Waals surface area contributed by atoms with E-state index >= 15 is 0 Å².